The Morgan fingerprint density at radius 3 is 2.83 bits per heavy atom. The van der Waals surface area contributed by atoms with Crippen molar-refractivity contribution in [1.82, 2.24) is 9.47 Å². The van der Waals surface area contributed by atoms with Gasteiger partial charge in [0, 0.05) is 41.8 Å². The molecule has 1 aromatic carbocycles. The van der Waals surface area contributed by atoms with Gasteiger partial charge in [-0.15, -0.1) is 11.3 Å². The SMILES string of the molecule is N#Cc1cccc(NC(=O)N2C[C@@H]3C[C@H](C2)c2ccc(-c4cccs4)c(=O)n2C3)c1. The molecule has 7 heteroatoms. The highest BCUT2D eigenvalue weighted by Crippen LogP contribution is 2.36. The Morgan fingerprint density at radius 1 is 1.13 bits per heavy atom. The number of piperidine rings is 1. The van der Waals surface area contributed by atoms with Crippen molar-refractivity contribution in [3.05, 3.63) is 75.5 Å². The van der Waals surface area contributed by atoms with Crippen LogP contribution in [-0.4, -0.2) is 28.6 Å². The second kappa shape index (κ2) is 7.47. The van der Waals surface area contributed by atoms with Crippen LogP contribution in [0, 0.1) is 17.2 Å². The molecule has 2 amide bonds. The molecule has 2 aromatic heterocycles. The van der Waals surface area contributed by atoms with Crippen molar-refractivity contribution in [2.45, 2.75) is 18.9 Å². The molecule has 4 heterocycles. The molecule has 2 aliphatic heterocycles. The molecule has 1 saturated heterocycles. The first-order valence-electron chi connectivity index (χ1n) is 9.96. The number of anilines is 1. The highest BCUT2D eigenvalue weighted by atomic mass is 32.1. The van der Waals surface area contributed by atoms with Crippen molar-refractivity contribution in [2.75, 3.05) is 18.4 Å². The number of thiophene rings is 1. The van der Waals surface area contributed by atoms with Crippen LogP contribution in [0.2, 0.25) is 0 Å². The van der Waals surface area contributed by atoms with Gasteiger partial charge >= 0.3 is 6.03 Å². The Kier molecular flexibility index (Phi) is 4.64. The predicted molar refractivity (Wildman–Crippen MR) is 117 cm³/mol. The normalized spacial score (nSPS) is 19.6. The molecule has 0 unspecified atom stereocenters. The summed E-state index contributed by atoms with van der Waals surface area (Å²) in [6.07, 6.45) is 0.992. The van der Waals surface area contributed by atoms with Crippen LogP contribution < -0.4 is 10.9 Å². The number of hydrogen-bond donors (Lipinski definition) is 1. The Bertz CT molecular complexity index is 1210. The smallest absolute Gasteiger partial charge is 0.321 e. The summed E-state index contributed by atoms with van der Waals surface area (Å²) in [6, 6.07) is 16.8. The minimum Gasteiger partial charge on any atom is -0.324 e. The van der Waals surface area contributed by atoms with E-state index in [0.717, 1.165) is 22.6 Å². The van der Waals surface area contributed by atoms with Crippen molar-refractivity contribution in [3.8, 4) is 16.5 Å². The Morgan fingerprint density at radius 2 is 2.03 bits per heavy atom. The zero-order valence-corrected chi connectivity index (χ0v) is 17.1. The zero-order valence-electron chi connectivity index (χ0n) is 16.2. The van der Waals surface area contributed by atoms with Crippen molar-refractivity contribution >= 4 is 23.1 Å². The first kappa shape index (κ1) is 18.6. The van der Waals surface area contributed by atoms with E-state index >= 15 is 0 Å². The Labute approximate surface area is 178 Å². The molecule has 3 aromatic rings. The third-order valence-electron chi connectivity index (χ3n) is 5.92. The quantitative estimate of drug-likeness (QED) is 0.683. The molecule has 0 saturated carbocycles. The number of hydrogen-bond acceptors (Lipinski definition) is 4. The van der Waals surface area contributed by atoms with E-state index in [1.807, 2.05) is 33.0 Å². The lowest BCUT2D eigenvalue weighted by molar-refractivity contribution is 0.139. The number of benzene rings is 1. The number of nitriles is 1. The summed E-state index contributed by atoms with van der Waals surface area (Å²) in [6.45, 7) is 1.84. The highest BCUT2D eigenvalue weighted by Gasteiger charge is 2.36. The molecule has 5 rings (SSSR count). The highest BCUT2D eigenvalue weighted by molar-refractivity contribution is 7.13. The van der Waals surface area contributed by atoms with Gasteiger partial charge in [-0.3, -0.25) is 4.79 Å². The number of nitrogens with zero attached hydrogens (tertiary/aromatic N) is 3. The molecule has 2 aliphatic rings. The summed E-state index contributed by atoms with van der Waals surface area (Å²) in [5, 5.41) is 13.9. The maximum absolute atomic E-state index is 13.1. The average Bonchev–Trinajstić information content (AvgIpc) is 3.29. The summed E-state index contributed by atoms with van der Waals surface area (Å²) in [4.78, 5) is 28.8. The van der Waals surface area contributed by atoms with E-state index < -0.39 is 0 Å². The number of carbonyl (C=O) groups is 1. The fraction of sp³-hybridized carbons (Fsp3) is 0.261. The Balaban J connectivity index is 1.38. The van der Waals surface area contributed by atoms with E-state index in [1.54, 1.807) is 35.6 Å². The molecule has 150 valence electrons. The molecule has 30 heavy (non-hydrogen) atoms. The molecule has 0 radical (unpaired) electrons. The van der Waals surface area contributed by atoms with Gasteiger partial charge in [0.25, 0.3) is 5.56 Å². The van der Waals surface area contributed by atoms with Gasteiger partial charge in [-0.25, -0.2) is 4.79 Å². The van der Waals surface area contributed by atoms with Gasteiger partial charge in [0.15, 0.2) is 0 Å². The molecule has 2 bridgehead atoms. The van der Waals surface area contributed by atoms with Gasteiger partial charge in [0.2, 0.25) is 0 Å². The van der Waals surface area contributed by atoms with Gasteiger partial charge < -0.3 is 14.8 Å². The van der Waals surface area contributed by atoms with Crippen LogP contribution in [0.5, 0.6) is 0 Å². The number of nitrogens with one attached hydrogen (secondary N) is 1. The van der Waals surface area contributed by atoms with Crippen LogP contribution >= 0.6 is 11.3 Å². The van der Waals surface area contributed by atoms with E-state index in [-0.39, 0.29) is 23.4 Å². The molecule has 6 nitrogen and oxygen atoms in total. The third-order valence-corrected chi connectivity index (χ3v) is 6.82. The zero-order chi connectivity index (χ0) is 20.7. The number of carbonyl (C=O) groups excluding carboxylic acids is 1. The van der Waals surface area contributed by atoms with Crippen LogP contribution in [0.1, 0.15) is 23.6 Å². The third kappa shape index (κ3) is 3.29. The summed E-state index contributed by atoms with van der Waals surface area (Å²) in [5.74, 6) is 0.405. The number of pyridine rings is 1. The number of likely N-dealkylation sites (tertiary alicyclic amines) is 1. The summed E-state index contributed by atoms with van der Waals surface area (Å²) in [5.41, 5.74) is 2.96. The molecule has 0 spiro atoms. The second-order valence-corrected chi connectivity index (χ2v) is 8.84. The fourth-order valence-corrected chi connectivity index (χ4v) is 5.34. The predicted octanol–water partition coefficient (Wildman–Crippen LogP) is 4.10. The number of amides is 2. The summed E-state index contributed by atoms with van der Waals surface area (Å²) >= 11 is 1.58. The van der Waals surface area contributed by atoms with Crippen molar-refractivity contribution in [1.29, 1.82) is 5.26 Å². The molecule has 2 atom stereocenters. The number of aromatic nitrogens is 1. The van der Waals surface area contributed by atoms with Crippen LogP contribution in [0.3, 0.4) is 0 Å². The lowest BCUT2D eigenvalue weighted by Crippen LogP contribution is -2.50. The fourth-order valence-electron chi connectivity index (χ4n) is 4.60. The maximum atomic E-state index is 13.1. The van der Waals surface area contributed by atoms with Crippen LogP contribution in [-0.2, 0) is 6.54 Å². The minimum atomic E-state index is -0.161. The number of rotatable bonds is 2. The Hall–Kier alpha value is -3.37. The first-order valence-corrected chi connectivity index (χ1v) is 10.8. The van der Waals surface area contributed by atoms with Gasteiger partial charge in [-0.2, -0.15) is 5.26 Å². The van der Waals surface area contributed by atoms with Crippen molar-refractivity contribution in [2.24, 2.45) is 5.92 Å². The van der Waals surface area contributed by atoms with E-state index in [1.165, 1.54) is 0 Å². The van der Waals surface area contributed by atoms with E-state index in [9.17, 15) is 9.59 Å². The lowest BCUT2D eigenvalue weighted by Gasteiger charge is -2.42. The monoisotopic (exact) mass is 416 g/mol. The van der Waals surface area contributed by atoms with Gasteiger partial charge in [0.05, 0.1) is 17.2 Å². The molecular formula is C23H20N4O2S. The van der Waals surface area contributed by atoms with E-state index in [4.69, 9.17) is 5.26 Å². The van der Waals surface area contributed by atoms with E-state index in [0.29, 0.717) is 30.9 Å². The summed E-state index contributed by atoms with van der Waals surface area (Å²) < 4.78 is 1.92. The molecule has 1 fully saturated rings. The summed E-state index contributed by atoms with van der Waals surface area (Å²) in [7, 11) is 0. The van der Waals surface area contributed by atoms with Crippen LogP contribution in [0.25, 0.3) is 10.4 Å². The van der Waals surface area contributed by atoms with Gasteiger partial charge in [0.1, 0.15) is 0 Å². The minimum absolute atomic E-state index is 0.0656. The molecular weight excluding hydrogens is 396 g/mol. The largest absolute Gasteiger partial charge is 0.324 e. The molecule has 0 aliphatic carbocycles. The van der Waals surface area contributed by atoms with Crippen molar-refractivity contribution in [3.63, 3.8) is 0 Å². The van der Waals surface area contributed by atoms with Crippen LogP contribution in [0.4, 0.5) is 10.5 Å². The van der Waals surface area contributed by atoms with Crippen molar-refractivity contribution < 1.29 is 4.79 Å². The standard InChI is InChI=1S/C23H20N4O2S/c24-11-15-3-1-4-18(10-15)25-23(29)26-12-16-9-17(14-26)20-7-6-19(21-5-2-8-30-21)22(28)27(20)13-16/h1-8,10,16-17H,9,12-14H2,(H,25,29)/t16-,17+/m0/s1. The average molecular weight is 417 g/mol. The van der Waals surface area contributed by atoms with Gasteiger partial charge in [-0.05, 0) is 54.1 Å². The maximum Gasteiger partial charge on any atom is 0.321 e. The second-order valence-electron chi connectivity index (χ2n) is 7.89. The van der Waals surface area contributed by atoms with Crippen LogP contribution in [0.15, 0.2) is 58.7 Å². The topological polar surface area (TPSA) is 78.1 Å². The number of urea groups is 1. The van der Waals surface area contributed by atoms with Gasteiger partial charge in [-0.1, -0.05) is 12.1 Å². The first-order chi connectivity index (χ1) is 14.6. The lowest BCUT2D eigenvalue weighted by atomic mass is 9.83. The number of fused-ring (bicyclic) bond motifs is 4. The van der Waals surface area contributed by atoms with E-state index in [2.05, 4.69) is 17.5 Å². The molecule has 1 N–H and O–H groups in total.